The molecule has 2 unspecified atom stereocenters. The van der Waals surface area contributed by atoms with Crippen LogP contribution in [0.2, 0.25) is 0 Å². The van der Waals surface area contributed by atoms with E-state index in [9.17, 15) is 14.7 Å². The number of likely N-dealkylation sites (tertiary alicyclic amines) is 1. The third kappa shape index (κ3) is 3.13. The van der Waals surface area contributed by atoms with Gasteiger partial charge >= 0.3 is 11.9 Å². The standard InChI is InChI=1S/C18H21NO3.C4H6O6/c1-19-8-7-18-11-4-5-13(20)17(18)22-16-14(21-2)6-3-10(15(16)18)9-12(11)19;5-1(3(7)8)2(6)4(9)10/h3,5-6,11-12,17,20H,4,7-9H2,1-2H3;1-2,5-6H,(H,7,8)(H,9,10)/t11-,12+,17-,18-;/m0./s1. The molecular weight excluding hydrogens is 422 g/mol. The summed E-state index contributed by atoms with van der Waals surface area (Å²) in [4.78, 5) is 22.0. The van der Waals surface area contributed by atoms with Gasteiger partial charge in [0, 0.05) is 17.0 Å². The lowest BCUT2D eigenvalue weighted by Gasteiger charge is -2.56. The van der Waals surface area contributed by atoms with Crippen molar-refractivity contribution in [3.05, 3.63) is 35.1 Å². The third-order valence-corrected chi connectivity index (χ3v) is 7.25. The monoisotopic (exact) mass is 449 g/mol. The van der Waals surface area contributed by atoms with Gasteiger partial charge in [-0.25, -0.2) is 9.59 Å². The van der Waals surface area contributed by atoms with Crippen molar-refractivity contribution in [1.82, 2.24) is 4.90 Å². The van der Waals surface area contributed by atoms with Crippen molar-refractivity contribution >= 4 is 11.9 Å². The first-order valence-corrected chi connectivity index (χ1v) is 10.4. The minimum atomic E-state index is -2.27. The minimum absolute atomic E-state index is 0.0620. The number of likely N-dealkylation sites (N-methyl/N-ethyl adjacent to an activating group) is 1. The number of carboxylic acids is 2. The molecule has 1 fully saturated rings. The van der Waals surface area contributed by atoms with Gasteiger partial charge in [-0.2, -0.15) is 0 Å². The number of carbonyl (C=O) groups is 2. The molecule has 0 saturated carbocycles. The van der Waals surface area contributed by atoms with E-state index < -0.39 is 24.1 Å². The first-order chi connectivity index (χ1) is 15.1. The van der Waals surface area contributed by atoms with E-state index in [1.165, 1.54) is 11.1 Å². The van der Waals surface area contributed by atoms with Crippen molar-refractivity contribution in [3.63, 3.8) is 0 Å². The van der Waals surface area contributed by atoms with Crippen LogP contribution in [0.25, 0.3) is 0 Å². The van der Waals surface area contributed by atoms with Crippen LogP contribution in [0.5, 0.6) is 11.5 Å². The Hall–Kier alpha value is -2.82. The van der Waals surface area contributed by atoms with E-state index in [0.717, 1.165) is 37.3 Å². The van der Waals surface area contributed by atoms with Crippen LogP contribution in [-0.2, 0) is 21.4 Å². The maximum atomic E-state index is 10.5. The lowest BCUT2D eigenvalue weighted by atomic mass is 9.53. The highest BCUT2D eigenvalue weighted by atomic mass is 16.5. The Morgan fingerprint density at radius 3 is 2.47 bits per heavy atom. The molecule has 1 spiro atoms. The fraction of sp³-hybridized carbons (Fsp3) is 0.545. The fourth-order valence-corrected chi connectivity index (χ4v) is 5.76. The summed E-state index contributed by atoms with van der Waals surface area (Å²) in [5.74, 6) is -0.935. The number of rotatable bonds is 4. The molecule has 32 heavy (non-hydrogen) atoms. The van der Waals surface area contributed by atoms with Crippen molar-refractivity contribution in [1.29, 1.82) is 0 Å². The molecule has 2 aliphatic heterocycles. The van der Waals surface area contributed by atoms with Crippen LogP contribution in [0.4, 0.5) is 0 Å². The van der Waals surface area contributed by atoms with Gasteiger partial charge in [-0.3, -0.25) is 0 Å². The van der Waals surface area contributed by atoms with E-state index in [1.807, 2.05) is 12.1 Å². The zero-order valence-electron chi connectivity index (χ0n) is 17.8. The average Bonchev–Trinajstić information content (AvgIpc) is 3.12. The minimum Gasteiger partial charge on any atom is -0.509 e. The highest BCUT2D eigenvalue weighted by molar-refractivity contribution is 5.83. The van der Waals surface area contributed by atoms with Crippen molar-refractivity contribution in [2.75, 3.05) is 20.7 Å². The number of allylic oxidation sites excluding steroid dienone is 1. The lowest BCUT2D eigenvalue weighted by Crippen LogP contribution is -2.63. The molecule has 2 bridgehead atoms. The zero-order valence-corrected chi connectivity index (χ0v) is 17.8. The number of piperidine rings is 1. The second kappa shape index (κ2) is 7.95. The van der Waals surface area contributed by atoms with Crippen molar-refractivity contribution in [2.45, 2.75) is 49.0 Å². The first kappa shape index (κ1) is 22.4. The molecule has 0 radical (unpaired) electrons. The van der Waals surface area contributed by atoms with E-state index in [-0.39, 0.29) is 11.5 Å². The average molecular weight is 449 g/mol. The highest BCUT2D eigenvalue weighted by Gasteiger charge is 2.64. The molecule has 2 heterocycles. The Morgan fingerprint density at radius 1 is 1.22 bits per heavy atom. The molecule has 6 atom stereocenters. The van der Waals surface area contributed by atoms with Gasteiger partial charge in [0.05, 0.1) is 7.11 Å². The number of nitrogens with zero attached hydrogens (tertiary/aromatic N) is 1. The molecule has 1 aromatic carbocycles. The van der Waals surface area contributed by atoms with E-state index in [1.54, 1.807) is 7.11 Å². The number of methoxy groups -OCH3 is 1. The van der Waals surface area contributed by atoms with Gasteiger partial charge in [0.15, 0.2) is 29.8 Å². The summed E-state index contributed by atoms with van der Waals surface area (Å²) >= 11 is 0. The van der Waals surface area contributed by atoms with Crippen molar-refractivity contribution in [2.24, 2.45) is 5.92 Å². The fourth-order valence-electron chi connectivity index (χ4n) is 5.76. The number of aliphatic hydroxyl groups excluding tert-OH is 3. The van der Waals surface area contributed by atoms with Crippen LogP contribution in [-0.4, -0.2) is 87.4 Å². The Kier molecular flexibility index (Phi) is 5.56. The normalized spacial score (nSPS) is 31.1. The second-order valence-corrected chi connectivity index (χ2v) is 8.71. The SMILES string of the molecule is COc1ccc2c3c1O[C@H]1C(O)=CC[C@H]4[C@@H](C2)N(C)CC[C@]314.O=C(O)C(O)C(O)C(=O)O. The van der Waals surface area contributed by atoms with Gasteiger partial charge in [0.25, 0.3) is 0 Å². The van der Waals surface area contributed by atoms with E-state index in [0.29, 0.717) is 17.7 Å². The number of hydrogen-bond acceptors (Lipinski definition) is 8. The van der Waals surface area contributed by atoms with Crippen molar-refractivity contribution in [3.8, 4) is 11.5 Å². The van der Waals surface area contributed by atoms with E-state index in [2.05, 4.69) is 18.0 Å². The molecule has 0 aromatic heterocycles. The largest absolute Gasteiger partial charge is 0.509 e. The summed E-state index contributed by atoms with van der Waals surface area (Å²) in [6.07, 6.45) is 0.267. The predicted molar refractivity (Wildman–Crippen MR) is 110 cm³/mol. The lowest BCUT2D eigenvalue weighted by molar-refractivity contribution is -0.165. The molecule has 1 saturated heterocycles. The van der Waals surface area contributed by atoms with Gasteiger partial charge in [-0.1, -0.05) is 6.07 Å². The Morgan fingerprint density at radius 2 is 1.88 bits per heavy atom. The molecule has 10 nitrogen and oxygen atoms in total. The summed E-state index contributed by atoms with van der Waals surface area (Å²) in [5, 5.41) is 43.0. The second-order valence-electron chi connectivity index (χ2n) is 8.71. The van der Waals surface area contributed by atoms with E-state index >= 15 is 0 Å². The van der Waals surface area contributed by atoms with Gasteiger partial charge in [-0.15, -0.1) is 0 Å². The van der Waals surface area contributed by atoms with Crippen LogP contribution in [0.15, 0.2) is 24.0 Å². The number of ether oxygens (including phenoxy) is 2. The highest BCUT2D eigenvalue weighted by Crippen LogP contribution is 2.63. The molecule has 174 valence electrons. The molecule has 5 N–H and O–H groups in total. The number of aliphatic hydroxyl groups is 3. The van der Waals surface area contributed by atoms with Gasteiger partial charge in [-0.05, 0) is 56.5 Å². The van der Waals surface area contributed by atoms with Crippen molar-refractivity contribution < 1.29 is 44.6 Å². The molecule has 2 aliphatic carbocycles. The Labute approximate surface area is 184 Å². The first-order valence-electron chi connectivity index (χ1n) is 10.4. The van der Waals surface area contributed by atoms with Crippen LogP contribution in [0.1, 0.15) is 24.0 Å². The summed E-state index contributed by atoms with van der Waals surface area (Å²) in [5.41, 5.74) is 2.64. The Bertz CT molecular complexity index is 958. The number of aliphatic carboxylic acids is 2. The Balaban J connectivity index is 0.000000211. The quantitative estimate of drug-likeness (QED) is 0.433. The van der Waals surface area contributed by atoms with Gasteiger partial charge in [0.1, 0.15) is 5.76 Å². The molecule has 4 aliphatic rings. The number of hydrogen-bond donors (Lipinski definition) is 5. The molecule has 10 heteroatoms. The molecule has 1 aromatic rings. The van der Waals surface area contributed by atoms with Crippen LogP contribution >= 0.6 is 0 Å². The summed E-state index contributed by atoms with van der Waals surface area (Å²) in [6, 6.07) is 4.75. The van der Waals surface area contributed by atoms with Crippen LogP contribution < -0.4 is 9.47 Å². The summed E-state index contributed by atoms with van der Waals surface area (Å²) < 4.78 is 11.8. The third-order valence-electron chi connectivity index (χ3n) is 7.25. The van der Waals surface area contributed by atoms with Gasteiger partial charge in [0.2, 0.25) is 0 Å². The smallest absolute Gasteiger partial charge is 0.335 e. The zero-order chi connectivity index (χ0) is 23.4. The van der Waals surface area contributed by atoms with Crippen LogP contribution in [0.3, 0.4) is 0 Å². The number of benzene rings is 1. The summed E-state index contributed by atoms with van der Waals surface area (Å²) in [7, 11) is 3.92. The maximum Gasteiger partial charge on any atom is 0.335 e. The number of carboxylic acid groups (broad SMARTS) is 2. The topological polar surface area (TPSA) is 157 Å². The molecule has 5 rings (SSSR count). The van der Waals surface area contributed by atoms with Gasteiger partial charge < -0.3 is 39.9 Å². The molecular formula is C22H27NO9. The summed E-state index contributed by atoms with van der Waals surface area (Å²) in [6.45, 7) is 1.06. The van der Waals surface area contributed by atoms with E-state index in [4.69, 9.17) is 29.9 Å². The molecule has 0 amide bonds. The predicted octanol–water partition coefficient (Wildman–Crippen LogP) is 0.293. The maximum absolute atomic E-state index is 10.5. The van der Waals surface area contributed by atoms with Crippen LogP contribution in [0, 0.1) is 5.92 Å².